The first-order valence-electron chi connectivity index (χ1n) is 18.8. The Balaban J connectivity index is 1.03. The molecule has 3 aromatic heterocycles. The number of furan rings is 1. The van der Waals surface area contributed by atoms with Gasteiger partial charge in [-0.2, -0.15) is 0 Å². The molecule has 0 unspecified atom stereocenters. The van der Waals surface area contributed by atoms with Gasteiger partial charge < -0.3 is 8.98 Å². The first-order valence-corrected chi connectivity index (χ1v) is 18.8. The minimum Gasteiger partial charge on any atom is -0.456 e. The molecule has 0 saturated carbocycles. The standard InChI is InChI=1S/C51H32N4O/c1-4-13-33(14-5-1)38-25-29-41-40-19-10-11-21-44(40)55(45(41)32-38)39-27-23-34(24-28-39)37-26-30-46-43(31-37)48-42(20-12-22-47(48)56-46)51-53-49(35-15-6-2-7-16-35)52-50(54-51)36-17-8-3-9-18-36/h1-32H. The monoisotopic (exact) mass is 716 g/mol. The van der Waals surface area contributed by atoms with Crippen LogP contribution in [0.25, 0.3) is 106 Å². The van der Waals surface area contributed by atoms with Gasteiger partial charge in [-0.05, 0) is 64.7 Å². The minimum atomic E-state index is 0.599. The third kappa shape index (κ3) is 5.37. The van der Waals surface area contributed by atoms with Gasteiger partial charge in [-0.1, -0.05) is 152 Å². The summed E-state index contributed by atoms with van der Waals surface area (Å²) in [6.07, 6.45) is 0. The molecule has 11 aromatic rings. The van der Waals surface area contributed by atoms with Crippen LogP contribution in [0, 0.1) is 0 Å². The SMILES string of the molecule is c1ccc(-c2ccc3c4ccccc4n(-c4ccc(-c5ccc6oc7cccc(-c8nc(-c9ccccc9)nc(-c9ccccc9)n8)c7c6c5)cc4)c3c2)cc1. The molecule has 5 nitrogen and oxygen atoms in total. The molecule has 0 N–H and O–H groups in total. The van der Waals surface area contributed by atoms with Gasteiger partial charge in [0.2, 0.25) is 0 Å². The molecule has 262 valence electrons. The molecule has 56 heavy (non-hydrogen) atoms. The zero-order valence-corrected chi connectivity index (χ0v) is 30.2. The maximum Gasteiger partial charge on any atom is 0.164 e. The Bertz CT molecular complexity index is 3160. The Morgan fingerprint density at radius 2 is 0.893 bits per heavy atom. The van der Waals surface area contributed by atoms with E-state index in [9.17, 15) is 0 Å². The van der Waals surface area contributed by atoms with E-state index in [4.69, 9.17) is 19.4 Å². The third-order valence-electron chi connectivity index (χ3n) is 10.7. The van der Waals surface area contributed by atoms with Gasteiger partial charge in [-0.25, -0.2) is 15.0 Å². The van der Waals surface area contributed by atoms with E-state index < -0.39 is 0 Å². The fraction of sp³-hybridized carbons (Fsp3) is 0. The molecule has 0 aliphatic rings. The molecule has 5 heteroatoms. The minimum absolute atomic E-state index is 0.599. The summed E-state index contributed by atoms with van der Waals surface area (Å²) < 4.78 is 8.83. The molecule has 0 fully saturated rings. The summed E-state index contributed by atoms with van der Waals surface area (Å²) in [6.45, 7) is 0. The predicted octanol–water partition coefficient (Wildman–Crippen LogP) is 13.2. The first-order chi connectivity index (χ1) is 27.7. The highest BCUT2D eigenvalue weighted by Gasteiger charge is 2.19. The van der Waals surface area contributed by atoms with Crippen LogP contribution in [0.3, 0.4) is 0 Å². The Hall–Kier alpha value is -7.63. The number of benzene rings is 8. The summed E-state index contributed by atoms with van der Waals surface area (Å²) in [7, 11) is 0. The molecular weight excluding hydrogens is 685 g/mol. The van der Waals surface area contributed by atoms with E-state index >= 15 is 0 Å². The van der Waals surface area contributed by atoms with Crippen LogP contribution >= 0.6 is 0 Å². The van der Waals surface area contributed by atoms with Crippen molar-refractivity contribution in [2.45, 2.75) is 0 Å². The molecule has 11 rings (SSSR count). The summed E-state index contributed by atoms with van der Waals surface area (Å²) in [4.78, 5) is 15.0. The maximum atomic E-state index is 6.45. The molecule has 0 radical (unpaired) electrons. The van der Waals surface area contributed by atoms with E-state index in [2.05, 4.69) is 126 Å². The largest absolute Gasteiger partial charge is 0.456 e. The maximum absolute atomic E-state index is 6.45. The van der Waals surface area contributed by atoms with Crippen LogP contribution in [0.1, 0.15) is 0 Å². The molecule has 0 spiro atoms. The second-order valence-corrected chi connectivity index (χ2v) is 14.0. The van der Waals surface area contributed by atoms with Crippen LogP contribution in [0.4, 0.5) is 0 Å². The van der Waals surface area contributed by atoms with Crippen LogP contribution in [-0.4, -0.2) is 19.5 Å². The van der Waals surface area contributed by atoms with E-state index in [1.807, 2.05) is 72.8 Å². The number of fused-ring (bicyclic) bond motifs is 6. The Morgan fingerprint density at radius 3 is 1.61 bits per heavy atom. The molecule has 0 atom stereocenters. The van der Waals surface area contributed by atoms with Crippen LogP contribution in [-0.2, 0) is 0 Å². The lowest BCUT2D eigenvalue weighted by atomic mass is 10.00. The van der Waals surface area contributed by atoms with Gasteiger partial charge in [-0.15, -0.1) is 0 Å². The van der Waals surface area contributed by atoms with E-state index in [1.165, 1.54) is 32.9 Å². The average Bonchev–Trinajstić information content (AvgIpc) is 3.82. The van der Waals surface area contributed by atoms with Gasteiger partial charge in [0, 0.05) is 43.9 Å². The van der Waals surface area contributed by atoms with Crippen molar-refractivity contribution in [3.63, 3.8) is 0 Å². The zero-order chi connectivity index (χ0) is 37.0. The highest BCUT2D eigenvalue weighted by Crippen LogP contribution is 2.39. The van der Waals surface area contributed by atoms with Gasteiger partial charge in [-0.3, -0.25) is 0 Å². The highest BCUT2D eigenvalue weighted by molar-refractivity contribution is 6.13. The molecule has 0 amide bonds. The second-order valence-electron chi connectivity index (χ2n) is 14.0. The number of hydrogen-bond acceptors (Lipinski definition) is 4. The molecule has 0 saturated heterocycles. The average molecular weight is 717 g/mol. The summed E-state index contributed by atoms with van der Waals surface area (Å²) in [5.74, 6) is 1.85. The number of hydrogen-bond donors (Lipinski definition) is 0. The predicted molar refractivity (Wildman–Crippen MR) is 229 cm³/mol. The van der Waals surface area contributed by atoms with E-state index in [0.29, 0.717) is 17.5 Å². The normalized spacial score (nSPS) is 11.6. The third-order valence-corrected chi connectivity index (χ3v) is 10.7. The second kappa shape index (κ2) is 13.0. The van der Waals surface area contributed by atoms with E-state index in [-0.39, 0.29) is 0 Å². The van der Waals surface area contributed by atoms with Crippen LogP contribution < -0.4 is 0 Å². The number of aromatic nitrogens is 4. The highest BCUT2D eigenvalue weighted by atomic mass is 16.3. The number of nitrogens with zero attached hydrogens (tertiary/aromatic N) is 4. The Morgan fingerprint density at radius 1 is 0.339 bits per heavy atom. The van der Waals surface area contributed by atoms with Gasteiger partial charge in [0.25, 0.3) is 0 Å². The molecule has 0 aliphatic heterocycles. The van der Waals surface area contributed by atoms with E-state index in [1.54, 1.807) is 0 Å². The lowest BCUT2D eigenvalue weighted by Crippen LogP contribution is -2.00. The van der Waals surface area contributed by atoms with Crippen molar-refractivity contribution in [2.24, 2.45) is 0 Å². The van der Waals surface area contributed by atoms with Crippen molar-refractivity contribution >= 4 is 43.7 Å². The van der Waals surface area contributed by atoms with Crippen molar-refractivity contribution < 1.29 is 4.42 Å². The Labute approximate surface area is 322 Å². The van der Waals surface area contributed by atoms with Crippen LogP contribution in [0.5, 0.6) is 0 Å². The number of para-hydroxylation sites is 1. The van der Waals surface area contributed by atoms with Crippen LogP contribution in [0.15, 0.2) is 199 Å². The lowest BCUT2D eigenvalue weighted by molar-refractivity contribution is 0.669. The summed E-state index contributed by atoms with van der Waals surface area (Å²) in [5.41, 5.74) is 12.5. The summed E-state index contributed by atoms with van der Waals surface area (Å²) >= 11 is 0. The number of rotatable bonds is 6. The first kappa shape index (κ1) is 31.9. The molecular formula is C51H32N4O. The zero-order valence-electron chi connectivity index (χ0n) is 30.2. The quantitative estimate of drug-likeness (QED) is 0.172. The van der Waals surface area contributed by atoms with Crippen molar-refractivity contribution in [1.29, 1.82) is 0 Å². The Kier molecular flexibility index (Phi) is 7.42. The molecule has 8 aromatic carbocycles. The molecule has 0 bridgehead atoms. The van der Waals surface area contributed by atoms with Crippen molar-refractivity contribution in [1.82, 2.24) is 19.5 Å². The molecule has 3 heterocycles. The van der Waals surface area contributed by atoms with Crippen molar-refractivity contribution in [2.75, 3.05) is 0 Å². The van der Waals surface area contributed by atoms with Gasteiger partial charge in [0.05, 0.1) is 11.0 Å². The molecule has 0 aliphatic carbocycles. The summed E-state index contributed by atoms with van der Waals surface area (Å²) in [6, 6.07) is 67.6. The van der Waals surface area contributed by atoms with Crippen LogP contribution in [0.2, 0.25) is 0 Å². The fourth-order valence-electron chi connectivity index (χ4n) is 7.98. The summed E-state index contributed by atoms with van der Waals surface area (Å²) in [5, 5.41) is 4.47. The lowest BCUT2D eigenvalue weighted by Gasteiger charge is -2.11. The van der Waals surface area contributed by atoms with Gasteiger partial charge >= 0.3 is 0 Å². The van der Waals surface area contributed by atoms with Gasteiger partial charge in [0.1, 0.15) is 11.2 Å². The topological polar surface area (TPSA) is 56.7 Å². The smallest absolute Gasteiger partial charge is 0.164 e. The van der Waals surface area contributed by atoms with Gasteiger partial charge in [0.15, 0.2) is 17.5 Å². The fourth-order valence-corrected chi connectivity index (χ4v) is 7.98. The van der Waals surface area contributed by atoms with Crippen molar-refractivity contribution in [3.8, 4) is 62.1 Å². The van der Waals surface area contributed by atoms with E-state index in [0.717, 1.165) is 55.4 Å². The van der Waals surface area contributed by atoms with Crippen molar-refractivity contribution in [3.05, 3.63) is 194 Å².